The van der Waals surface area contributed by atoms with Gasteiger partial charge in [-0.1, -0.05) is 41.9 Å². The molecule has 0 atom stereocenters. The molecule has 0 unspecified atom stereocenters. The number of hydrazone groups is 1. The zero-order valence-corrected chi connectivity index (χ0v) is 21.2. The van der Waals surface area contributed by atoms with Crippen LogP contribution in [0.2, 0.25) is 5.02 Å². The summed E-state index contributed by atoms with van der Waals surface area (Å²) in [6.07, 6.45) is 1.40. The Morgan fingerprint density at radius 2 is 1.61 bits per heavy atom. The first-order valence-electron chi connectivity index (χ1n) is 11.8. The van der Waals surface area contributed by atoms with Crippen LogP contribution in [0.4, 0.5) is 0 Å². The van der Waals surface area contributed by atoms with Crippen LogP contribution < -0.4 is 20.2 Å². The smallest absolute Gasteiger partial charge is 0.343 e. The molecule has 0 saturated heterocycles. The topological polar surface area (TPSA) is 106 Å². The molecule has 0 aromatic heterocycles. The summed E-state index contributed by atoms with van der Waals surface area (Å²) in [5.41, 5.74) is 3.62. The highest BCUT2D eigenvalue weighted by molar-refractivity contribution is 6.30. The first kappa shape index (κ1) is 26.4. The van der Waals surface area contributed by atoms with Crippen molar-refractivity contribution in [1.29, 1.82) is 0 Å². The molecule has 0 saturated carbocycles. The molecule has 38 heavy (non-hydrogen) atoms. The fourth-order valence-electron chi connectivity index (χ4n) is 3.58. The quantitative estimate of drug-likeness (QED) is 0.137. The second-order valence-electron chi connectivity index (χ2n) is 8.03. The maximum atomic E-state index is 12.8. The summed E-state index contributed by atoms with van der Waals surface area (Å²) in [5.74, 6) is -0.568. The molecular formula is C29H24ClN3O5. The minimum Gasteiger partial charge on any atom is -0.494 e. The normalized spacial score (nSPS) is 10.8. The van der Waals surface area contributed by atoms with E-state index in [9.17, 15) is 14.4 Å². The number of hydrogen-bond donors (Lipinski definition) is 2. The van der Waals surface area contributed by atoms with Crippen LogP contribution in [0.5, 0.6) is 11.5 Å². The molecule has 9 heteroatoms. The number of hydrogen-bond acceptors (Lipinski definition) is 6. The predicted octanol–water partition coefficient (Wildman–Crippen LogP) is 4.99. The molecule has 4 aromatic carbocycles. The Morgan fingerprint density at radius 1 is 0.895 bits per heavy atom. The van der Waals surface area contributed by atoms with Crippen molar-refractivity contribution in [2.45, 2.75) is 6.92 Å². The standard InChI is InChI=1S/C29H24ClN3O5/c1-2-37-23-14-9-21(10-15-23)29(36)38-26-16-11-19-5-3-4-6-24(19)25(26)17-32-33-27(34)18-31-28(35)20-7-12-22(30)13-8-20/h3-17H,2,18H2,1H3,(H,31,35)(H,33,34)/b32-17-. The number of carbonyl (C=O) groups excluding carboxylic acids is 3. The lowest BCUT2D eigenvalue weighted by molar-refractivity contribution is -0.120. The molecule has 8 nitrogen and oxygen atoms in total. The summed E-state index contributed by atoms with van der Waals surface area (Å²) in [6.45, 7) is 2.12. The summed E-state index contributed by atoms with van der Waals surface area (Å²) in [4.78, 5) is 37.3. The number of carbonyl (C=O) groups is 3. The van der Waals surface area contributed by atoms with Gasteiger partial charge < -0.3 is 14.8 Å². The van der Waals surface area contributed by atoms with E-state index in [1.54, 1.807) is 54.6 Å². The number of esters is 1. The van der Waals surface area contributed by atoms with Gasteiger partial charge in [-0.15, -0.1) is 0 Å². The van der Waals surface area contributed by atoms with Crippen LogP contribution in [0.3, 0.4) is 0 Å². The summed E-state index contributed by atoms with van der Waals surface area (Å²) < 4.78 is 11.1. The fraction of sp³-hybridized carbons (Fsp3) is 0.103. The third kappa shape index (κ3) is 6.74. The van der Waals surface area contributed by atoms with E-state index < -0.39 is 17.8 Å². The Labute approximate surface area is 224 Å². The van der Waals surface area contributed by atoms with Crippen LogP contribution in [0.15, 0.2) is 90.0 Å². The Hall–Kier alpha value is -4.69. The van der Waals surface area contributed by atoms with Gasteiger partial charge in [0.05, 0.1) is 24.9 Å². The van der Waals surface area contributed by atoms with E-state index in [0.717, 1.165) is 10.8 Å². The van der Waals surface area contributed by atoms with Crippen LogP contribution in [-0.2, 0) is 4.79 Å². The van der Waals surface area contributed by atoms with Crippen LogP contribution in [0, 0.1) is 0 Å². The van der Waals surface area contributed by atoms with Gasteiger partial charge in [-0.25, -0.2) is 10.2 Å². The van der Waals surface area contributed by atoms with Gasteiger partial charge in [0.15, 0.2) is 0 Å². The lowest BCUT2D eigenvalue weighted by Gasteiger charge is -2.11. The fourth-order valence-corrected chi connectivity index (χ4v) is 3.71. The number of nitrogens with zero attached hydrogens (tertiary/aromatic N) is 1. The van der Waals surface area contributed by atoms with Crippen molar-refractivity contribution >= 4 is 46.4 Å². The third-order valence-corrected chi connectivity index (χ3v) is 5.69. The van der Waals surface area contributed by atoms with E-state index in [-0.39, 0.29) is 12.3 Å². The Bertz CT molecular complexity index is 1480. The maximum Gasteiger partial charge on any atom is 0.343 e. The SMILES string of the molecule is CCOc1ccc(C(=O)Oc2ccc3ccccc3c2/C=N\NC(=O)CNC(=O)c2ccc(Cl)cc2)cc1. The minimum atomic E-state index is -0.549. The van der Waals surface area contributed by atoms with Gasteiger partial charge in [0.2, 0.25) is 0 Å². The van der Waals surface area contributed by atoms with E-state index in [1.165, 1.54) is 6.21 Å². The summed E-state index contributed by atoms with van der Waals surface area (Å²) in [5, 5.41) is 8.73. The van der Waals surface area contributed by atoms with Crippen molar-refractivity contribution in [2.24, 2.45) is 5.10 Å². The number of benzene rings is 4. The third-order valence-electron chi connectivity index (χ3n) is 5.43. The molecule has 0 fully saturated rings. The number of fused-ring (bicyclic) bond motifs is 1. The Morgan fingerprint density at radius 3 is 2.34 bits per heavy atom. The van der Waals surface area contributed by atoms with Crippen LogP contribution in [-0.4, -0.2) is 37.1 Å². The highest BCUT2D eigenvalue weighted by atomic mass is 35.5. The molecule has 192 valence electrons. The molecule has 0 aliphatic rings. The largest absolute Gasteiger partial charge is 0.494 e. The number of amides is 2. The highest BCUT2D eigenvalue weighted by Gasteiger charge is 2.14. The van der Waals surface area contributed by atoms with Crippen molar-refractivity contribution in [3.8, 4) is 11.5 Å². The molecule has 0 spiro atoms. The van der Waals surface area contributed by atoms with Crippen molar-refractivity contribution in [1.82, 2.24) is 10.7 Å². The van der Waals surface area contributed by atoms with Crippen LogP contribution in [0.1, 0.15) is 33.2 Å². The first-order chi connectivity index (χ1) is 18.4. The number of halogens is 1. The van der Waals surface area contributed by atoms with Crippen LogP contribution in [0.25, 0.3) is 10.8 Å². The van der Waals surface area contributed by atoms with Crippen molar-refractivity contribution in [3.63, 3.8) is 0 Å². The number of rotatable bonds is 9. The van der Waals surface area contributed by atoms with Crippen molar-refractivity contribution in [3.05, 3.63) is 107 Å². The van der Waals surface area contributed by atoms with Crippen molar-refractivity contribution in [2.75, 3.05) is 13.2 Å². The first-order valence-corrected chi connectivity index (χ1v) is 12.1. The molecule has 0 heterocycles. The zero-order chi connectivity index (χ0) is 26.9. The van der Waals surface area contributed by atoms with E-state index >= 15 is 0 Å². The Kier molecular flexibility index (Phi) is 8.69. The molecule has 2 amide bonds. The van der Waals surface area contributed by atoms with Gasteiger partial charge in [0, 0.05) is 16.1 Å². The summed E-state index contributed by atoms with van der Waals surface area (Å²) >= 11 is 5.83. The molecule has 0 radical (unpaired) electrons. The van der Waals surface area contributed by atoms with Gasteiger partial charge in [-0.2, -0.15) is 5.10 Å². The summed E-state index contributed by atoms with van der Waals surface area (Å²) in [6, 6.07) is 24.0. The average molecular weight is 530 g/mol. The number of ether oxygens (including phenoxy) is 2. The molecule has 0 aliphatic heterocycles. The van der Waals surface area contributed by atoms with E-state index in [0.29, 0.717) is 34.1 Å². The monoisotopic (exact) mass is 529 g/mol. The highest BCUT2D eigenvalue weighted by Crippen LogP contribution is 2.27. The molecule has 4 rings (SSSR count). The zero-order valence-electron chi connectivity index (χ0n) is 20.4. The molecule has 0 aliphatic carbocycles. The van der Waals surface area contributed by atoms with Gasteiger partial charge >= 0.3 is 5.97 Å². The van der Waals surface area contributed by atoms with Gasteiger partial charge in [0.1, 0.15) is 11.5 Å². The average Bonchev–Trinajstić information content (AvgIpc) is 2.93. The van der Waals surface area contributed by atoms with E-state index in [2.05, 4.69) is 15.8 Å². The van der Waals surface area contributed by atoms with Gasteiger partial charge in [0.25, 0.3) is 11.8 Å². The van der Waals surface area contributed by atoms with E-state index in [4.69, 9.17) is 21.1 Å². The molecular weight excluding hydrogens is 506 g/mol. The molecule has 0 bridgehead atoms. The van der Waals surface area contributed by atoms with Gasteiger partial charge in [-0.3, -0.25) is 9.59 Å². The predicted molar refractivity (Wildman–Crippen MR) is 146 cm³/mol. The second-order valence-corrected chi connectivity index (χ2v) is 8.46. The maximum absolute atomic E-state index is 12.8. The lowest BCUT2D eigenvalue weighted by Crippen LogP contribution is -2.34. The minimum absolute atomic E-state index is 0.275. The molecule has 4 aromatic rings. The second kappa shape index (κ2) is 12.5. The van der Waals surface area contributed by atoms with E-state index in [1.807, 2.05) is 37.3 Å². The Balaban J connectivity index is 1.45. The van der Waals surface area contributed by atoms with Gasteiger partial charge in [-0.05, 0) is 72.3 Å². The lowest BCUT2D eigenvalue weighted by atomic mass is 10.0. The summed E-state index contributed by atoms with van der Waals surface area (Å²) in [7, 11) is 0. The molecule has 2 N–H and O–H groups in total. The van der Waals surface area contributed by atoms with Crippen molar-refractivity contribution < 1.29 is 23.9 Å². The number of nitrogens with one attached hydrogen (secondary N) is 2. The van der Waals surface area contributed by atoms with Crippen LogP contribution >= 0.6 is 11.6 Å².